The maximum absolute atomic E-state index is 12.4. The Kier molecular flexibility index (Phi) is 6.65. The van der Waals surface area contributed by atoms with Gasteiger partial charge in [0.1, 0.15) is 0 Å². The first-order chi connectivity index (χ1) is 17.0. The zero-order chi connectivity index (χ0) is 24.4. The highest BCUT2D eigenvalue weighted by Gasteiger charge is 2.34. The van der Waals surface area contributed by atoms with Gasteiger partial charge in [-0.15, -0.1) is 0 Å². The van der Waals surface area contributed by atoms with Crippen molar-refractivity contribution in [3.63, 3.8) is 0 Å². The molecule has 0 atom stereocenters. The lowest BCUT2D eigenvalue weighted by Crippen LogP contribution is -2.53. The molecule has 3 aromatic rings. The van der Waals surface area contributed by atoms with E-state index in [1.165, 1.54) is 24.8 Å². The molecule has 0 bridgehead atoms. The van der Waals surface area contributed by atoms with Crippen LogP contribution < -0.4 is 10.2 Å². The summed E-state index contributed by atoms with van der Waals surface area (Å²) in [6, 6.07) is 8.66. The summed E-state index contributed by atoms with van der Waals surface area (Å²) in [4.78, 5) is 21.4. The lowest BCUT2D eigenvalue weighted by molar-refractivity contribution is -0.0447. The molecule has 2 fully saturated rings. The van der Waals surface area contributed by atoms with Crippen LogP contribution in [0.3, 0.4) is 0 Å². The maximum atomic E-state index is 12.4. The molecular formula is C27H36N6O2. The minimum Gasteiger partial charge on any atom is -0.373 e. The number of hydrogen-bond acceptors (Lipinski definition) is 5. The molecule has 8 heteroatoms. The fourth-order valence-corrected chi connectivity index (χ4v) is 5.46. The second-order valence-electron chi connectivity index (χ2n) is 10.0. The van der Waals surface area contributed by atoms with Gasteiger partial charge in [0.15, 0.2) is 0 Å². The number of nitrogens with zero attached hydrogens (tertiary/aromatic N) is 5. The van der Waals surface area contributed by atoms with Crippen LogP contribution in [0.4, 0.5) is 10.5 Å². The molecule has 3 aromatic heterocycles. The molecule has 5 rings (SSSR count). The van der Waals surface area contributed by atoms with Crippen molar-refractivity contribution in [1.82, 2.24) is 24.8 Å². The Bertz CT molecular complexity index is 1160. The van der Waals surface area contributed by atoms with Crippen molar-refractivity contribution >= 4 is 17.2 Å². The second-order valence-corrected chi connectivity index (χ2v) is 10.0. The van der Waals surface area contributed by atoms with Gasteiger partial charge in [-0.05, 0) is 44.9 Å². The number of ether oxygens (including phenoxy) is 1. The molecule has 1 aliphatic heterocycles. The van der Waals surface area contributed by atoms with Crippen LogP contribution >= 0.6 is 0 Å². The molecule has 35 heavy (non-hydrogen) atoms. The monoisotopic (exact) mass is 476 g/mol. The number of nitrogens with one attached hydrogen (secondary N) is 1. The summed E-state index contributed by atoms with van der Waals surface area (Å²) in [5.74, 6) is 0. The summed E-state index contributed by atoms with van der Waals surface area (Å²) in [5, 5.41) is 7.53. The van der Waals surface area contributed by atoms with E-state index in [9.17, 15) is 4.79 Å². The third-order valence-electron chi connectivity index (χ3n) is 7.44. The van der Waals surface area contributed by atoms with Crippen molar-refractivity contribution in [3.8, 4) is 11.3 Å². The zero-order valence-corrected chi connectivity index (χ0v) is 21.0. The van der Waals surface area contributed by atoms with Crippen molar-refractivity contribution < 1.29 is 9.53 Å². The molecule has 0 spiro atoms. The summed E-state index contributed by atoms with van der Waals surface area (Å²) >= 11 is 0. The Morgan fingerprint density at radius 3 is 2.51 bits per heavy atom. The number of rotatable bonds is 5. The highest BCUT2D eigenvalue weighted by Crippen LogP contribution is 2.40. The van der Waals surface area contributed by atoms with Crippen molar-refractivity contribution in [2.24, 2.45) is 0 Å². The first kappa shape index (κ1) is 23.6. The molecule has 2 amide bonds. The number of urea groups is 1. The summed E-state index contributed by atoms with van der Waals surface area (Å²) < 4.78 is 7.92. The number of piperazine rings is 1. The Labute approximate surface area is 207 Å². The highest BCUT2D eigenvalue weighted by atomic mass is 16.5. The number of methoxy groups -OCH3 is 1. The largest absolute Gasteiger partial charge is 0.373 e. The van der Waals surface area contributed by atoms with Crippen LogP contribution in [-0.4, -0.2) is 64.9 Å². The quantitative estimate of drug-likeness (QED) is 0.589. The molecule has 1 N–H and O–H groups in total. The molecule has 1 saturated heterocycles. The van der Waals surface area contributed by atoms with Gasteiger partial charge < -0.3 is 19.9 Å². The minimum absolute atomic E-state index is 0.0162. The predicted octanol–water partition coefficient (Wildman–Crippen LogP) is 4.44. The van der Waals surface area contributed by atoms with Gasteiger partial charge in [0.25, 0.3) is 0 Å². The lowest BCUT2D eigenvalue weighted by atomic mass is 9.80. The van der Waals surface area contributed by atoms with Gasteiger partial charge in [-0.25, -0.2) is 9.31 Å². The third-order valence-corrected chi connectivity index (χ3v) is 7.44. The number of carbonyl (C=O) groups excluding carboxylic acids is 1. The molecular weight excluding hydrogens is 440 g/mol. The summed E-state index contributed by atoms with van der Waals surface area (Å²) in [7, 11) is 1.82. The van der Waals surface area contributed by atoms with Crippen LogP contribution in [0.1, 0.15) is 51.5 Å². The highest BCUT2D eigenvalue weighted by molar-refractivity contribution is 5.79. The van der Waals surface area contributed by atoms with Crippen LogP contribution in [0.15, 0.2) is 42.9 Å². The van der Waals surface area contributed by atoms with E-state index in [2.05, 4.69) is 39.6 Å². The Morgan fingerprint density at radius 1 is 1.09 bits per heavy atom. The second kappa shape index (κ2) is 9.85. The van der Waals surface area contributed by atoms with Gasteiger partial charge in [-0.2, -0.15) is 5.10 Å². The molecule has 0 unspecified atom stereocenters. The lowest BCUT2D eigenvalue weighted by Gasteiger charge is -2.36. The van der Waals surface area contributed by atoms with Gasteiger partial charge in [0.2, 0.25) is 0 Å². The normalized spacial score (nSPS) is 18.3. The standard InChI is InChI=1S/C27H36N6O2/c1-20(2)30-26(34)32-15-13-31(14-16-32)24-9-12-29-33-19-21(17-25(24)33)23-8-7-22(18-28-23)27(35-3)10-5-4-6-11-27/h7-9,12,17-20H,4-6,10-11,13-16H2,1-3H3,(H,30,34). The number of aromatic nitrogens is 3. The van der Waals surface area contributed by atoms with E-state index < -0.39 is 0 Å². The number of carbonyl (C=O) groups is 1. The Morgan fingerprint density at radius 2 is 1.86 bits per heavy atom. The van der Waals surface area contributed by atoms with Crippen LogP contribution in [0.25, 0.3) is 16.8 Å². The van der Waals surface area contributed by atoms with Gasteiger partial charge >= 0.3 is 6.03 Å². The number of amides is 2. The number of pyridine rings is 1. The topological polar surface area (TPSA) is 75.0 Å². The average Bonchev–Trinajstić information content (AvgIpc) is 3.33. The summed E-state index contributed by atoms with van der Waals surface area (Å²) in [6.07, 6.45) is 11.7. The fourth-order valence-electron chi connectivity index (χ4n) is 5.46. The first-order valence-electron chi connectivity index (χ1n) is 12.8. The van der Waals surface area contributed by atoms with Crippen LogP contribution in [-0.2, 0) is 10.3 Å². The van der Waals surface area contributed by atoms with E-state index in [-0.39, 0.29) is 17.7 Å². The minimum atomic E-state index is -0.196. The van der Waals surface area contributed by atoms with Gasteiger partial charge in [-0.1, -0.05) is 25.3 Å². The van der Waals surface area contributed by atoms with E-state index in [1.54, 1.807) is 0 Å². The molecule has 4 heterocycles. The molecule has 2 aliphatic rings. The molecule has 1 saturated carbocycles. The zero-order valence-electron chi connectivity index (χ0n) is 21.0. The SMILES string of the molecule is COC1(c2ccc(-c3cc4c(N5CCN(C(=O)NC(C)C)CC5)ccnn4c3)nc2)CCCCC1. The van der Waals surface area contributed by atoms with E-state index in [4.69, 9.17) is 9.72 Å². The fraction of sp³-hybridized carbons (Fsp3) is 0.519. The van der Waals surface area contributed by atoms with Crippen LogP contribution in [0, 0.1) is 0 Å². The number of hydrogen-bond donors (Lipinski definition) is 1. The van der Waals surface area contributed by atoms with Crippen molar-refractivity contribution in [3.05, 3.63) is 48.4 Å². The Hall–Kier alpha value is -3.13. The first-order valence-corrected chi connectivity index (χ1v) is 12.8. The molecule has 8 nitrogen and oxygen atoms in total. The summed E-state index contributed by atoms with van der Waals surface area (Å²) in [5.41, 5.74) is 5.13. The molecule has 186 valence electrons. The number of anilines is 1. The van der Waals surface area contributed by atoms with E-state index in [0.717, 1.165) is 48.4 Å². The van der Waals surface area contributed by atoms with Crippen LogP contribution in [0.2, 0.25) is 0 Å². The van der Waals surface area contributed by atoms with Gasteiger partial charge in [0.05, 0.1) is 22.5 Å². The maximum Gasteiger partial charge on any atom is 0.317 e. The predicted molar refractivity (Wildman–Crippen MR) is 138 cm³/mol. The van der Waals surface area contributed by atoms with Crippen molar-refractivity contribution in [2.45, 2.75) is 57.6 Å². The smallest absolute Gasteiger partial charge is 0.317 e. The van der Waals surface area contributed by atoms with Crippen LogP contribution in [0.5, 0.6) is 0 Å². The number of fused-ring (bicyclic) bond motifs is 1. The molecule has 1 aliphatic carbocycles. The van der Waals surface area contributed by atoms with Crippen molar-refractivity contribution in [2.75, 3.05) is 38.2 Å². The van der Waals surface area contributed by atoms with E-state index in [0.29, 0.717) is 13.1 Å². The van der Waals surface area contributed by atoms with Gasteiger partial charge in [0, 0.05) is 69.0 Å². The Balaban J connectivity index is 1.34. The molecule has 0 radical (unpaired) electrons. The van der Waals surface area contributed by atoms with E-state index >= 15 is 0 Å². The van der Waals surface area contributed by atoms with E-state index in [1.807, 2.05) is 49.0 Å². The van der Waals surface area contributed by atoms with Gasteiger partial charge in [-0.3, -0.25) is 4.98 Å². The third kappa shape index (κ3) is 4.72. The average molecular weight is 477 g/mol. The van der Waals surface area contributed by atoms with Crippen molar-refractivity contribution in [1.29, 1.82) is 0 Å². The summed E-state index contributed by atoms with van der Waals surface area (Å²) in [6.45, 7) is 6.95. The molecule has 0 aromatic carbocycles.